The molecule has 4 heteroatoms. The Morgan fingerprint density at radius 3 is 2.60 bits per heavy atom. The summed E-state index contributed by atoms with van der Waals surface area (Å²) < 4.78 is 10.5. The van der Waals surface area contributed by atoms with Crippen LogP contribution in [0.1, 0.15) is 17.2 Å². The Labute approximate surface area is 88.8 Å². The van der Waals surface area contributed by atoms with Crippen molar-refractivity contribution in [1.29, 1.82) is 0 Å². The predicted molar refractivity (Wildman–Crippen MR) is 56.2 cm³/mol. The number of rotatable bonds is 2. The quantitative estimate of drug-likeness (QED) is 0.758. The molecule has 1 aromatic carbocycles. The summed E-state index contributed by atoms with van der Waals surface area (Å²) in [4.78, 5) is 0. The highest BCUT2D eigenvalue weighted by molar-refractivity contribution is 5.51. The lowest BCUT2D eigenvalue weighted by atomic mass is 9.96. The van der Waals surface area contributed by atoms with Gasteiger partial charge in [-0.2, -0.15) is 0 Å². The molecule has 0 aromatic heterocycles. The van der Waals surface area contributed by atoms with Gasteiger partial charge in [-0.05, 0) is 12.1 Å². The van der Waals surface area contributed by atoms with Gasteiger partial charge in [0, 0.05) is 24.2 Å². The lowest BCUT2D eigenvalue weighted by molar-refractivity contribution is 0.159. The monoisotopic (exact) mass is 209 g/mol. The molecule has 82 valence electrons. The molecule has 2 rings (SSSR count). The molecule has 0 unspecified atom stereocenters. The Morgan fingerprint density at radius 2 is 1.93 bits per heavy atom. The van der Waals surface area contributed by atoms with E-state index in [1.54, 1.807) is 14.2 Å². The van der Waals surface area contributed by atoms with Crippen LogP contribution in [0, 0.1) is 0 Å². The summed E-state index contributed by atoms with van der Waals surface area (Å²) in [5, 5.41) is 13.0. The molecule has 0 fully saturated rings. The van der Waals surface area contributed by atoms with Crippen LogP contribution >= 0.6 is 0 Å². The van der Waals surface area contributed by atoms with E-state index in [9.17, 15) is 5.11 Å². The van der Waals surface area contributed by atoms with Crippen LogP contribution in [0.2, 0.25) is 0 Å². The molecule has 1 aromatic rings. The summed E-state index contributed by atoms with van der Waals surface area (Å²) in [6.07, 6.45) is -0.529. The number of benzene rings is 1. The summed E-state index contributed by atoms with van der Waals surface area (Å²) in [5.74, 6) is 1.51. The minimum atomic E-state index is -0.529. The summed E-state index contributed by atoms with van der Waals surface area (Å²) >= 11 is 0. The number of nitrogens with one attached hydrogen (secondary N) is 1. The van der Waals surface area contributed by atoms with E-state index in [0.717, 1.165) is 22.6 Å². The van der Waals surface area contributed by atoms with Crippen LogP contribution in [0.5, 0.6) is 11.5 Å². The molecule has 0 spiro atoms. The number of aliphatic hydroxyl groups is 1. The normalized spacial score (nSPS) is 19.5. The smallest absolute Gasteiger partial charge is 0.125 e. The van der Waals surface area contributed by atoms with Crippen molar-refractivity contribution < 1.29 is 14.6 Å². The molecule has 0 amide bonds. The van der Waals surface area contributed by atoms with Crippen molar-refractivity contribution in [3.8, 4) is 11.5 Å². The Balaban J connectivity index is 2.56. The van der Waals surface area contributed by atoms with Crippen LogP contribution < -0.4 is 14.8 Å². The van der Waals surface area contributed by atoms with Crippen LogP contribution in [-0.2, 0) is 6.54 Å². The highest BCUT2D eigenvalue weighted by atomic mass is 16.5. The Morgan fingerprint density at radius 1 is 1.27 bits per heavy atom. The van der Waals surface area contributed by atoms with E-state index in [2.05, 4.69) is 5.32 Å². The Bertz CT molecular complexity index is 365. The van der Waals surface area contributed by atoms with E-state index in [0.29, 0.717) is 13.1 Å². The van der Waals surface area contributed by atoms with Gasteiger partial charge in [0.15, 0.2) is 0 Å². The van der Waals surface area contributed by atoms with Gasteiger partial charge in [0.25, 0.3) is 0 Å². The van der Waals surface area contributed by atoms with Gasteiger partial charge < -0.3 is 19.9 Å². The molecular formula is C11H15NO3. The molecule has 4 nitrogen and oxygen atoms in total. The number of fused-ring (bicyclic) bond motifs is 1. The molecule has 1 aliphatic heterocycles. The van der Waals surface area contributed by atoms with Gasteiger partial charge in [0.2, 0.25) is 0 Å². The average Bonchev–Trinajstić information content (AvgIpc) is 2.28. The molecule has 0 bridgehead atoms. The second-order valence-corrected chi connectivity index (χ2v) is 3.51. The fourth-order valence-electron chi connectivity index (χ4n) is 1.98. The molecule has 1 atom stereocenters. The zero-order valence-corrected chi connectivity index (χ0v) is 8.91. The third-order valence-corrected chi connectivity index (χ3v) is 2.69. The predicted octanol–water partition coefficient (Wildman–Crippen LogP) is 0.840. The van der Waals surface area contributed by atoms with Crippen molar-refractivity contribution in [2.24, 2.45) is 0 Å². The second-order valence-electron chi connectivity index (χ2n) is 3.51. The summed E-state index contributed by atoms with van der Waals surface area (Å²) in [6, 6.07) is 3.68. The Kier molecular flexibility index (Phi) is 2.79. The first kappa shape index (κ1) is 10.3. The first-order valence-corrected chi connectivity index (χ1v) is 4.90. The molecule has 1 heterocycles. The van der Waals surface area contributed by atoms with Crippen molar-refractivity contribution >= 4 is 0 Å². The van der Waals surface area contributed by atoms with E-state index < -0.39 is 6.10 Å². The number of hydrogen-bond donors (Lipinski definition) is 2. The van der Waals surface area contributed by atoms with Gasteiger partial charge in [0.1, 0.15) is 11.5 Å². The molecule has 0 saturated carbocycles. The zero-order valence-electron chi connectivity index (χ0n) is 8.91. The first-order valence-electron chi connectivity index (χ1n) is 4.90. The molecule has 0 saturated heterocycles. The highest BCUT2D eigenvalue weighted by Gasteiger charge is 2.24. The van der Waals surface area contributed by atoms with Crippen LogP contribution in [0.15, 0.2) is 12.1 Å². The lowest BCUT2D eigenvalue weighted by Gasteiger charge is -2.26. The molecule has 2 N–H and O–H groups in total. The minimum absolute atomic E-state index is 0.529. The third kappa shape index (κ3) is 1.66. The maximum Gasteiger partial charge on any atom is 0.125 e. The van der Waals surface area contributed by atoms with Gasteiger partial charge in [-0.25, -0.2) is 0 Å². The van der Waals surface area contributed by atoms with Crippen molar-refractivity contribution in [3.63, 3.8) is 0 Å². The van der Waals surface area contributed by atoms with E-state index >= 15 is 0 Å². The zero-order chi connectivity index (χ0) is 10.8. The number of aliphatic hydroxyl groups excluding tert-OH is 1. The summed E-state index contributed by atoms with van der Waals surface area (Å²) in [7, 11) is 3.24. The van der Waals surface area contributed by atoms with Crippen LogP contribution in [0.3, 0.4) is 0 Å². The first-order chi connectivity index (χ1) is 7.27. The van der Waals surface area contributed by atoms with Crippen LogP contribution in [-0.4, -0.2) is 25.9 Å². The van der Waals surface area contributed by atoms with Gasteiger partial charge >= 0.3 is 0 Å². The molecule has 0 aliphatic carbocycles. The largest absolute Gasteiger partial charge is 0.496 e. The third-order valence-electron chi connectivity index (χ3n) is 2.69. The van der Waals surface area contributed by atoms with Crippen molar-refractivity contribution in [2.45, 2.75) is 12.6 Å². The fourth-order valence-corrected chi connectivity index (χ4v) is 1.98. The summed E-state index contributed by atoms with van der Waals surface area (Å²) in [5.41, 5.74) is 1.83. The lowest BCUT2D eigenvalue weighted by Crippen LogP contribution is -2.28. The van der Waals surface area contributed by atoms with E-state index in [4.69, 9.17) is 9.47 Å². The second kappa shape index (κ2) is 4.08. The van der Waals surface area contributed by atoms with Crippen LogP contribution in [0.25, 0.3) is 0 Å². The number of methoxy groups -OCH3 is 2. The SMILES string of the molecule is COc1ccc(OC)c2c1CNC[C@@H]2O. The fraction of sp³-hybridized carbons (Fsp3) is 0.455. The maximum absolute atomic E-state index is 9.90. The Hall–Kier alpha value is -1.26. The molecule has 0 radical (unpaired) electrons. The molecule has 15 heavy (non-hydrogen) atoms. The van der Waals surface area contributed by atoms with Gasteiger partial charge in [0.05, 0.1) is 20.3 Å². The van der Waals surface area contributed by atoms with E-state index in [1.165, 1.54) is 0 Å². The van der Waals surface area contributed by atoms with Crippen molar-refractivity contribution in [3.05, 3.63) is 23.3 Å². The van der Waals surface area contributed by atoms with E-state index in [-0.39, 0.29) is 0 Å². The highest BCUT2D eigenvalue weighted by Crippen LogP contribution is 2.36. The number of β-amino-alcohol motifs (C(OH)–C–C–N with tert-alkyl or cyclic N) is 1. The van der Waals surface area contributed by atoms with Gasteiger partial charge in [-0.3, -0.25) is 0 Å². The average molecular weight is 209 g/mol. The van der Waals surface area contributed by atoms with Crippen molar-refractivity contribution in [1.82, 2.24) is 5.32 Å². The topological polar surface area (TPSA) is 50.7 Å². The molecular weight excluding hydrogens is 194 g/mol. The maximum atomic E-state index is 9.90. The van der Waals surface area contributed by atoms with Gasteiger partial charge in [-0.1, -0.05) is 0 Å². The molecule has 1 aliphatic rings. The number of ether oxygens (including phenoxy) is 2. The number of hydrogen-bond acceptors (Lipinski definition) is 4. The van der Waals surface area contributed by atoms with E-state index in [1.807, 2.05) is 12.1 Å². The van der Waals surface area contributed by atoms with Crippen molar-refractivity contribution in [2.75, 3.05) is 20.8 Å². The van der Waals surface area contributed by atoms with Gasteiger partial charge in [-0.15, -0.1) is 0 Å². The standard InChI is InChI=1S/C11H15NO3/c1-14-9-3-4-10(15-2)11-7(9)5-12-6-8(11)13/h3-4,8,12-13H,5-6H2,1-2H3/t8-/m0/s1. The summed E-state index contributed by atoms with van der Waals surface area (Å²) in [6.45, 7) is 1.25. The van der Waals surface area contributed by atoms with Crippen LogP contribution in [0.4, 0.5) is 0 Å². The minimum Gasteiger partial charge on any atom is -0.496 e.